The van der Waals surface area contributed by atoms with E-state index in [2.05, 4.69) is 6.58 Å². The Morgan fingerprint density at radius 3 is 2.67 bits per heavy atom. The van der Waals surface area contributed by atoms with Crippen LogP contribution >= 0.6 is 0 Å². The van der Waals surface area contributed by atoms with Crippen LogP contribution in [0.15, 0.2) is 12.2 Å². The summed E-state index contributed by atoms with van der Waals surface area (Å²) < 4.78 is 4.79. The summed E-state index contributed by atoms with van der Waals surface area (Å²) in [7, 11) is 0. The van der Waals surface area contributed by atoms with E-state index in [0.29, 0.717) is 18.7 Å². The molecule has 0 bridgehead atoms. The molecule has 3 nitrogen and oxygen atoms in total. The maximum Gasteiger partial charge on any atom is 0.333 e. The molecule has 0 aromatic heterocycles. The summed E-state index contributed by atoms with van der Waals surface area (Å²) in [5, 5.41) is 0. The molecule has 0 aliphatic rings. The van der Waals surface area contributed by atoms with Crippen molar-refractivity contribution < 1.29 is 9.53 Å². The Balaban J connectivity index is 3.91. The van der Waals surface area contributed by atoms with Gasteiger partial charge in [0.1, 0.15) is 0 Å². The van der Waals surface area contributed by atoms with Gasteiger partial charge in [0, 0.05) is 5.57 Å². The normalized spacial score (nSPS) is 12.2. The predicted molar refractivity (Wildman–Crippen MR) is 48.6 cm³/mol. The number of esters is 1. The predicted octanol–water partition coefficient (Wildman–Crippen LogP) is 1.09. The summed E-state index contributed by atoms with van der Waals surface area (Å²) in [4.78, 5) is 11.1. The lowest BCUT2D eigenvalue weighted by molar-refractivity contribution is -0.139. The number of ether oxygens (including phenoxy) is 1. The fraction of sp³-hybridized carbons (Fsp3) is 0.667. The molecule has 2 N–H and O–H groups in total. The van der Waals surface area contributed by atoms with Crippen LogP contribution in [0.5, 0.6) is 0 Å². The van der Waals surface area contributed by atoms with Gasteiger partial charge in [-0.25, -0.2) is 4.79 Å². The second kappa shape index (κ2) is 5.77. The van der Waals surface area contributed by atoms with Crippen molar-refractivity contribution in [2.24, 2.45) is 11.7 Å². The van der Waals surface area contributed by atoms with Crippen LogP contribution in [0.3, 0.4) is 0 Å². The van der Waals surface area contributed by atoms with E-state index in [1.54, 1.807) is 6.92 Å². The maximum atomic E-state index is 11.1. The first-order chi connectivity index (χ1) is 5.63. The highest BCUT2D eigenvalue weighted by Gasteiger charge is 2.14. The summed E-state index contributed by atoms with van der Waals surface area (Å²) in [5.74, 6) is -0.188. The average Bonchev–Trinajstić information content (AvgIpc) is 2.04. The van der Waals surface area contributed by atoms with Crippen molar-refractivity contribution in [1.29, 1.82) is 0 Å². The lowest BCUT2D eigenvalue weighted by Crippen LogP contribution is -2.15. The Hall–Kier alpha value is -0.830. The van der Waals surface area contributed by atoms with Crippen molar-refractivity contribution in [3.8, 4) is 0 Å². The van der Waals surface area contributed by atoms with Gasteiger partial charge in [0.15, 0.2) is 0 Å². The number of hydrogen-bond donors (Lipinski definition) is 1. The second-order valence-electron chi connectivity index (χ2n) is 2.72. The number of nitrogens with two attached hydrogens (primary N) is 1. The summed E-state index contributed by atoms with van der Waals surface area (Å²) in [6, 6.07) is 0. The largest absolute Gasteiger partial charge is 0.463 e. The number of carbonyl (C=O) groups excluding carboxylic acids is 1. The van der Waals surface area contributed by atoms with Gasteiger partial charge in [-0.3, -0.25) is 0 Å². The van der Waals surface area contributed by atoms with Crippen LogP contribution in [0.2, 0.25) is 0 Å². The molecule has 0 saturated carbocycles. The SMILES string of the molecule is C=C(C(=O)OCC)C(C)CCN. The molecule has 0 aliphatic heterocycles. The molecule has 0 fully saturated rings. The highest BCUT2D eigenvalue weighted by atomic mass is 16.5. The van der Waals surface area contributed by atoms with Crippen molar-refractivity contribution >= 4 is 5.97 Å². The average molecular weight is 171 g/mol. The quantitative estimate of drug-likeness (QED) is 0.497. The van der Waals surface area contributed by atoms with Crippen molar-refractivity contribution in [2.75, 3.05) is 13.2 Å². The van der Waals surface area contributed by atoms with Crippen LogP contribution in [-0.4, -0.2) is 19.1 Å². The highest BCUT2D eigenvalue weighted by molar-refractivity contribution is 5.88. The summed E-state index contributed by atoms with van der Waals surface area (Å²) in [6.45, 7) is 8.33. The van der Waals surface area contributed by atoms with Crippen LogP contribution in [-0.2, 0) is 9.53 Å². The van der Waals surface area contributed by atoms with Gasteiger partial charge in [-0.1, -0.05) is 13.5 Å². The standard InChI is InChI=1S/C9H17NO2/c1-4-12-9(11)8(3)7(2)5-6-10/h7H,3-6,10H2,1-2H3. The van der Waals surface area contributed by atoms with Crippen LogP contribution in [0.1, 0.15) is 20.3 Å². The minimum atomic E-state index is -0.307. The van der Waals surface area contributed by atoms with Crippen molar-refractivity contribution in [3.05, 3.63) is 12.2 Å². The van der Waals surface area contributed by atoms with Gasteiger partial charge in [0.05, 0.1) is 6.61 Å². The zero-order valence-corrected chi connectivity index (χ0v) is 7.80. The van der Waals surface area contributed by atoms with E-state index in [-0.39, 0.29) is 11.9 Å². The van der Waals surface area contributed by atoms with Gasteiger partial charge in [-0.05, 0) is 25.8 Å². The summed E-state index contributed by atoms with van der Waals surface area (Å²) in [6.07, 6.45) is 0.775. The van der Waals surface area contributed by atoms with Crippen LogP contribution in [0.4, 0.5) is 0 Å². The topological polar surface area (TPSA) is 52.3 Å². The number of hydrogen-bond acceptors (Lipinski definition) is 3. The molecule has 12 heavy (non-hydrogen) atoms. The molecule has 0 saturated heterocycles. The zero-order valence-electron chi connectivity index (χ0n) is 7.80. The van der Waals surface area contributed by atoms with E-state index in [4.69, 9.17) is 10.5 Å². The second-order valence-corrected chi connectivity index (χ2v) is 2.72. The zero-order chi connectivity index (χ0) is 9.56. The van der Waals surface area contributed by atoms with Crippen molar-refractivity contribution in [2.45, 2.75) is 20.3 Å². The third kappa shape index (κ3) is 3.53. The fourth-order valence-corrected chi connectivity index (χ4v) is 0.849. The highest BCUT2D eigenvalue weighted by Crippen LogP contribution is 2.12. The molecule has 0 radical (unpaired) electrons. The van der Waals surface area contributed by atoms with E-state index in [0.717, 1.165) is 6.42 Å². The van der Waals surface area contributed by atoms with Gasteiger partial charge in [0.2, 0.25) is 0 Å². The molecule has 0 heterocycles. The molecule has 0 amide bonds. The first kappa shape index (κ1) is 11.2. The third-order valence-corrected chi connectivity index (χ3v) is 1.73. The van der Waals surface area contributed by atoms with Crippen LogP contribution in [0, 0.1) is 5.92 Å². The molecule has 0 aliphatic carbocycles. The van der Waals surface area contributed by atoms with Crippen molar-refractivity contribution in [3.63, 3.8) is 0 Å². The summed E-state index contributed by atoms with van der Waals surface area (Å²) in [5.41, 5.74) is 5.86. The van der Waals surface area contributed by atoms with E-state index in [1.165, 1.54) is 0 Å². The van der Waals surface area contributed by atoms with Gasteiger partial charge in [-0.15, -0.1) is 0 Å². The molecular weight excluding hydrogens is 154 g/mol. The Morgan fingerprint density at radius 2 is 2.25 bits per heavy atom. The number of carbonyl (C=O) groups is 1. The van der Waals surface area contributed by atoms with E-state index in [9.17, 15) is 4.79 Å². The number of rotatable bonds is 5. The lowest BCUT2D eigenvalue weighted by Gasteiger charge is -2.11. The fourth-order valence-electron chi connectivity index (χ4n) is 0.849. The Labute approximate surface area is 73.6 Å². The van der Waals surface area contributed by atoms with E-state index >= 15 is 0 Å². The first-order valence-corrected chi connectivity index (χ1v) is 4.19. The van der Waals surface area contributed by atoms with E-state index in [1.807, 2.05) is 6.92 Å². The first-order valence-electron chi connectivity index (χ1n) is 4.19. The molecule has 1 unspecified atom stereocenters. The van der Waals surface area contributed by atoms with E-state index < -0.39 is 0 Å². The Bertz CT molecular complexity index is 166. The van der Waals surface area contributed by atoms with Crippen molar-refractivity contribution in [1.82, 2.24) is 0 Å². The van der Waals surface area contributed by atoms with Gasteiger partial charge in [-0.2, -0.15) is 0 Å². The Morgan fingerprint density at radius 1 is 1.67 bits per heavy atom. The monoisotopic (exact) mass is 171 g/mol. The maximum absolute atomic E-state index is 11.1. The molecule has 1 atom stereocenters. The molecular formula is C9H17NO2. The van der Waals surface area contributed by atoms with Gasteiger partial charge >= 0.3 is 5.97 Å². The molecule has 0 rings (SSSR count). The van der Waals surface area contributed by atoms with Crippen LogP contribution in [0.25, 0.3) is 0 Å². The molecule has 0 aromatic rings. The van der Waals surface area contributed by atoms with Gasteiger partial charge in [0.25, 0.3) is 0 Å². The Kier molecular flexibility index (Phi) is 5.37. The van der Waals surface area contributed by atoms with Gasteiger partial charge < -0.3 is 10.5 Å². The lowest BCUT2D eigenvalue weighted by atomic mass is 9.99. The minimum Gasteiger partial charge on any atom is -0.463 e. The minimum absolute atomic E-state index is 0.119. The summed E-state index contributed by atoms with van der Waals surface area (Å²) >= 11 is 0. The molecule has 70 valence electrons. The molecule has 0 aromatic carbocycles. The smallest absolute Gasteiger partial charge is 0.333 e. The van der Waals surface area contributed by atoms with Crippen LogP contribution < -0.4 is 5.73 Å². The molecule has 0 spiro atoms. The third-order valence-electron chi connectivity index (χ3n) is 1.73. The molecule has 3 heteroatoms.